The fourth-order valence-corrected chi connectivity index (χ4v) is 1.22. The molecule has 0 aliphatic carbocycles. The fraction of sp³-hybridized carbons (Fsp3) is 0.300. The van der Waals surface area contributed by atoms with Gasteiger partial charge in [-0.1, -0.05) is 18.7 Å². The molecule has 1 aliphatic heterocycles. The summed E-state index contributed by atoms with van der Waals surface area (Å²) >= 11 is 0. The number of carbonyl (C=O) groups excluding carboxylic acids is 1. The monoisotopic (exact) mass is 178 g/mol. The van der Waals surface area contributed by atoms with Gasteiger partial charge in [0.2, 0.25) is 0 Å². The second-order valence-electron chi connectivity index (χ2n) is 2.92. The lowest BCUT2D eigenvalue weighted by Crippen LogP contribution is -2.44. The number of allylic oxidation sites excluding steroid dienone is 3. The van der Waals surface area contributed by atoms with Crippen molar-refractivity contribution in [2.75, 3.05) is 13.6 Å². The highest BCUT2D eigenvalue weighted by molar-refractivity contribution is 5.79. The molecule has 0 bridgehead atoms. The van der Waals surface area contributed by atoms with Crippen LogP contribution >= 0.6 is 0 Å². The number of nitrogens with one attached hydrogen (secondary N) is 1. The van der Waals surface area contributed by atoms with Crippen molar-refractivity contribution in [3.63, 3.8) is 0 Å². The molecule has 1 aliphatic rings. The molecule has 0 atom stereocenters. The van der Waals surface area contributed by atoms with E-state index in [0.717, 1.165) is 11.3 Å². The maximum absolute atomic E-state index is 11.3. The van der Waals surface area contributed by atoms with Crippen molar-refractivity contribution in [2.45, 2.75) is 6.92 Å². The van der Waals surface area contributed by atoms with Gasteiger partial charge >= 0.3 is 6.03 Å². The molecule has 13 heavy (non-hydrogen) atoms. The van der Waals surface area contributed by atoms with Crippen LogP contribution in [0.3, 0.4) is 0 Å². The van der Waals surface area contributed by atoms with Crippen molar-refractivity contribution >= 4 is 6.03 Å². The Morgan fingerprint density at radius 1 is 1.62 bits per heavy atom. The van der Waals surface area contributed by atoms with E-state index < -0.39 is 0 Å². The standard InChI is InChI=1S/C10H14N2O/c1-4-6-9-8(5-2)7-12(3)10(13)11-9/h4-6H,1,7H2,2-3H3,(H,11,13)/b8-5-,9-6+. The van der Waals surface area contributed by atoms with Crippen LogP contribution in [0.25, 0.3) is 0 Å². The van der Waals surface area contributed by atoms with Crippen LogP contribution in [0.15, 0.2) is 36.1 Å². The Kier molecular flexibility index (Phi) is 2.90. The predicted octanol–water partition coefficient (Wildman–Crippen LogP) is 1.66. The van der Waals surface area contributed by atoms with Crippen molar-refractivity contribution < 1.29 is 4.79 Å². The number of hydrogen-bond acceptors (Lipinski definition) is 1. The fourth-order valence-electron chi connectivity index (χ4n) is 1.22. The van der Waals surface area contributed by atoms with E-state index in [2.05, 4.69) is 11.9 Å². The van der Waals surface area contributed by atoms with E-state index in [4.69, 9.17) is 0 Å². The Labute approximate surface area is 78.4 Å². The van der Waals surface area contributed by atoms with Crippen molar-refractivity contribution in [3.05, 3.63) is 36.1 Å². The molecular formula is C10H14N2O. The SMILES string of the molecule is C=C/C=C1/NC(=O)N(C)C/C1=C/C. The number of likely N-dealkylation sites (N-methyl/N-ethyl adjacent to an activating group) is 1. The Morgan fingerprint density at radius 3 is 2.85 bits per heavy atom. The molecule has 1 rings (SSSR count). The van der Waals surface area contributed by atoms with Gasteiger partial charge in [-0.05, 0) is 18.6 Å². The van der Waals surface area contributed by atoms with E-state index in [1.807, 2.05) is 13.0 Å². The Bertz CT molecular complexity index is 289. The highest BCUT2D eigenvalue weighted by atomic mass is 16.2. The average molecular weight is 178 g/mol. The number of urea groups is 1. The van der Waals surface area contributed by atoms with E-state index in [0.29, 0.717) is 6.54 Å². The Morgan fingerprint density at radius 2 is 2.31 bits per heavy atom. The van der Waals surface area contributed by atoms with Crippen LogP contribution in [0, 0.1) is 0 Å². The normalized spacial score (nSPS) is 23.5. The highest BCUT2D eigenvalue weighted by Gasteiger charge is 2.19. The molecule has 1 heterocycles. The Hall–Kier alpha value is -1.51. The maximum Gasteiger partial charge on any atom is 0.321 e. The van der Waals surface area contributed by atoms with Gasteiger partial charge in [-0.2, -0.15) is 0 Å². The molecule has 0 aromatic carbocycles. The topological polar surface area (TPSA) is 32.3 Å². The van der Waals surface area contributed by atoms with Gasteiger partial charge in [0.15, 0.2) is 0 Å². The summed E-state index contributed by atoms with van der Waals surface area (Å²) < 4.78 is 0. The summed E-state index contributed by atoms with van der Waals surface area (Å²) in [5, 5.41) is 2.78. The molecule has 0 unspecified atom stereocenters. The van der Waals surface area contributed by atoms with Crippen molar-refractivity contribution in [1.29, 1.82) is 0 Å². The maximum atomic E-state index is 11.3. The summed E-state index contributed by atoms with van der Waals surface area (Å²) in [4.78, 5) is 12.9. The van der Waals surface area contributed by atoms with E-state index in [1.165, 1.54) is 0 Å². The molecule has 0 aromatic rings. The molecule has 1 saturated heterocycles. The van der Waals surface area contributed by atoms with E-state index in [9.17, 15) is 4.79 Å². The zero-order valence-corrected chi connectivity index (χ0v) is 8.00. The second-order valence-corrected chi connectivity index (χ2v) is 2.92. The quantitative estimate of drug-likeness (QED) is 0.650. The van der Waals surface area contributed by atoms with Crippen LogP contribution in [-0.4, -0.2) is 24.5 Å². The lowest BCUT2D eigenvalue weighted by molar-refractivity contribution is 0.211. The number of hydrogen-bond donors (Lipinski definition) is 1. The lowest BCUT2D eigenvalue weighted by Gasteiger charge is -2.27. The van der Waals surface area contributed by atoms with Gasteiger partial charge in [0, 0.05) is 19.3 Å². The summed E-state index contributed by atoms with van der Waals surface area (Å²) in [7, 11) is 1.77. The number of nitrogens with zero attached hydrogens (tertiary/aromatic N) is 1. The molecule has 3 nitrogen and oxygen atoms in total. The second kappa shape index (κ2) is 3.94. The number of rotatable bonds is 1. The first kappa shape index (κ1) is 9.58. The third-order valence-corrected chi connectivity index (χ3v) is 1.97. The zero-order valence-electron chi connectivity index (χ0n) is 8.00. The minimum absolute atomic E-state index is 0.0706. The molecule has 0 spiro atoms. The van der Waals surface area contributed by atoms with Crippen molar-refractivity contribution in [1.82, 2.24) is 10.2 Å². The average Bonchev–Trinajstić information content (AvgIpc) is 2.11. The smallest absolute Gasteiger partial charge is 0.321 e. The van der Waals surface area contributed by atoms with Crippen LogP contribution in [0.1, 0.15) is 6.92 Å². The van der Waals surface area contributed by atoms with E-state index in [1.54, 1.807) is 24.1 Å². The van der Waals surface area contributed by atoms with Crippen molar-refractivity contribution in [3.8, 4) is 0 Å². The number of carbonyl (C=O) groups is 1. The highest BCUT2D eigenvalue weighted by Crippen LogP contribution is 2.13. The molecule has 1 fully saturated rings. The van der Waals surface area contributed by atoms with Gasteiger partial charge < -0.3 is 10.2 Å². The minimum atomic E-state index is -0.0706. The Balaban J connectivity index is 2.91. The third-order valence-electron chi connectivity index (χ3n) is 1.97. The van der Waals surface area contributed by atoms with Gasteiger partial charge in [-0.25, -0.2) is 4.79 Å². The molecule has 70 valence electrons. The molecule has 2 amide bonds. The van der Waals surface area contributed by atoms with Crippen LogP contribution in [0.5, 0.6) is 0 Å². The van der Waals surface area contributed by atoms with Gasteiger partial charge in [-0.15, -0.1) is 0 Å². The zero-order chi connectivity index (χ0) is 9.84. The van der Waals surface area contributed by atoms with Gasteiger partial charge in [0.1, 0.15) is 0 Å². The molecule has 1 N–H and O–H groups in total. The molecule has 0 radical (unpaired) electrons. The van der Waals surface area contributed by atoms with Gasteiger partial charge in [0.05, 0.1) is 0 Å². The molecule has 3 heteroatoms. The summed E-state index contributed by atoms with van der Waals surface area (Å²) in [6.07, 6.45) is 5.47. The van der Waals surface area contributed by atoms with Crippen LogP contribution in [0.4, 0.5) is 4.79 Å². The van der Waals surface area contributed by atoms with Crippen LogP contribution in [-0.2, 0) is 0 Å². The third kappa shape index (κ3) is 1.99. The largest absolute Gasteiger partial charge is 0.323 e. The first-order valence-electron chi connectivity index (χ1n) is 4.19. The molecular weight excluding hydrogens is 164 g/mol. The lowest BCUT2D eigenvalue weighted by atomic mass is 10.1. The van der Waals surface area contributed by atoms with E-state index >= 15 is 0 Å². The summed E-state index contributed by atoms with van der Waals surface area (Å²) in [5.41, 5.74) is 1.96. The first-order valence-corrected chi connectivity index (χ1v) is 4.19. The van der Waals surface area contributed by atoms with Crippen molar-refractivity contribution in [2.24, 2.45) is 0 Å². The van der Waals surface area contributed by atoms with E-state index in [-0.39, 0.29) is 6.03 Å². The van der Waals surface area contributed by atoms with Gasteiger partial charge in [-0.3, -0.25) is 0 Å². The predicted molar refractivity (Wildman–Crippen MR) is 53.2 cm³/mol. The summed E-state index contributed by atoms with van der Waals surface area (Å²) in [6, 6.07) is -0.0706. The summed E-state index contributed by atoms with van der Waals surface area (Å²) in [6.45, 7) is 6.21. The minimum Gasteiger partial charge on any atom is -0.323 e. The summed E-state index contributed by atoms with van der Waals surface area (Å²) in [5.74, 6) is 0. The van der Waals surface area contributed by atoms with Crippen LogP contribution < -0.4 is 5.32 Å². The molecule has 0 saturated carbocycles. The molecule has 0 aromatic heterocycles. The van der Waals surface area contributed by atoms with Gasteiger partial charge in [0.25, 0.3) is 0 Å². The van der Waals surface area contributed by atoms with Crippen LogP contribution in [0.2, 0.25) is 0 Å². The first-order chi connectivity index (χ1) is 6.19. The number of amides is 2.